The van der Waals surface area contributed by atoms with E-state index in [0.29, 0.717) is 5.56 Å². The molecule has 16 heavy (non-hydrogen) atoms. The number of hydrogen-bond acceptors (Lipinski definition) is 3. The van der Waals surface area contributed by atoms with Gasteiger partial charge in [0.05, 0.1) is 0 Å². The normalized spacial score (nSPS) is 24.8. The average molecular weight is 219 g/mol. The van der Waals surface area contributed by atoms with Gasteiger partial charge in [-0.2, -0.15) is 0 Å². The Balaban J connectivity index is 2.48. The fourth-order valence-electron chi connectivity index (χ4n) is 1.81. The number of benzene rings is 1. The molecule has 4 heteroatoms. The molecule has 0 radical (unpaired) electrons. The van der Waals surface area contributed by atoms with Gasteiger partial charge in [-0.25, -0.2) is 9.69 Å². The van der Waals surface area contributed by atoms with Crippen LogP contribution in [0.3, 0.4) is 0 Å². The first-order valence-corrected chi connectivity index (χ1v) is 5.03. The predicted molar refractivity (Wildman–Crippen MR) is 57.8 cm³/mol. The second kappa shape index (κ2) is 3.33. The molecule has 2 amide bonds. The molecule has 1 saturated heterocycles. The van der Waals surface area contributed by atoms with E-state index >= 15 is 0 Å². The molecule has 1 aliphatic heterocycles. The van der Waals surface area contributed by atoms with Crippen LogP contribution in [0.1, 0.15) is 18.1 Å². The van der Waals surface area contributed by atoms with Gasteiger partial charge in [-0.3, -0.25) is 4.79 Å². The van der Waals surface area contributed by atoms with Crippen LogP contribution < -0.4 is 0 Å². The maximum absolute atomic E-state index is 11.9. The van der Waals surface area contributed by atoms with Gasteiger partial charge in [-0.1, -0.05) is 29.8 Å². The summed E-state index contributed by atoms with van der Waals surface area (Å²) in [6.45, 7) is 3.54. The maximum Gasteiger partial charge on any atom is 0.417 e. The van der Waals surface area contributed by atoms with Crippen LogP contribution in [0, 0.1) is 6.92 Å². The fourth-order valence-corrected chi connectivity index (χ4v) is 1.81. The van der Waals surface area contributed by atoms with Crippen molar-refractivity contribution in [2.45, 2.75) is 19.4 Å². The van der Waals surface area contributed by atoms with Crippen LogP contribution in [-0.2, 0) is 15.1 Å². The van der Waals surface area contributed by atoms with Crippen molar-refractivity contribution in [3.8, 4) is 0 Å². The lowest BCUT2D eigenvalue weighted by Crippen LogP contribution is -2.34. The SMILES string of the molecule is Cc1cccc([C@@]2(C)OC(=O)N(C)C2=O)c1. The minimum atomic E-state index is -1.18. The summed E-state index contributed by atoms with van der Waals surface area (Å²) in [6, 6.07) is 7.41. The number of amides is 2. The van der Waals surface area contributed by atoms with Gasteiger partial charge >= 0.3 is 6.09 Å². The highest BCUT2D eigenvalue weighted by molar-refractivity contribution is 6.02. The molecule has 1 atom stereocenters. The Morgan fingerprint density at radius 3 is 2.50 bits per heavy atom. The predicted octanol–water partition coefficient (Wildman–Crippen LogP) is 1.82. The molecule has 84 valence electrons. The summed E-state index contributed by atoms with van der Waals surface area (Å²) in [5, 5.41) is 0. The van der Waals surface area contributed by atoms with Gasteiger partial charge in [0.25, 0.3) is 5.91 Å². The number of nitrogens with zero attached hydrogens (tertiary/aromatic N) is 1. The zero-order valence-corrected chi connectivity index (χ0v) is 9.48. The van der Waals surface area contributed by atoms with Crippen molar-refractivity contribution in [3.63, 3.8) is 0 Å². The summed E-state index contributed by atoms with van der Waals surface area (Å²) < 4.78 is 5.15. The molecule has 1 aromatic rings. The topological polar surface area (TPSA) is 46.6 Å². The number of cyclic esters (lactones) is 1. The van der Waals surface area contributed by atoms with Crippen LogP contribution in [-0.4, -0.2) is 23.9 Å². The molecule has 1 heterocycles. The molecular formula is C12H13NO3. The highest BCUT2D eigenvalue weighted by atomic mass is 16.6. The molecule has 1 aliphatic rings. The molecule has 0 spiro atoms. The third-order valence-corrected chi connectivity index (χ3v) is 2.85. The van der Waals surface area contributed by atoms with Crippen molar-refractivity contribution in [1.29, 1.82) is 0 Å². The van der Waals surface area contributed by atoms with Gasteiger partial charge in [-0.15, -0.1) is 0 Å². The van der Waals surface area contributed by atoms with E-state index in [1.807, 2.05) is 25.1 Å². The molecule has 0 bridgehead atoms. The summed E-state index contributed by atoms with van der Waals surface area (Å²) in [4.78, 5) is 24.3. The summed E-state index contributed by atoms with van der Waals surface area (Å²) in [5.41, 5.74) is 0.546. The second-order valence-corrected chi connectivity index (χ2v) is 4.13. The van der Waals surface area contributed by atoms with Crippen molar-refractivity contribution < 1.29 is 14.3 Å². The zero-order chi connectivity index (χ0) is 11.9. The highest BCUT2D eigenvalue weighted by Gasteiger charge is 2.50. The van der Waals surface area contributed by atoms with E-state index in [4.69, 9.17) is 4.74 Å². The molecule has 2 rings (SSSR count). The molecule has 0 unspecified atom stereocenters. The summed E-state index contributed by atoms with van der Waals surface area (Å²) in [7, 11) is 1.42. The second-order valence-electron chi connectivity index (χ2n) is 4.13. The highest BCUT2D eigenvalue weighted by Crippen LogP contribution is 2.33. The van der Waals surface area contributed by atoms with Crippen LogP contribution in [0.2, 0.25) is 0 Å². The summed E-state index contributed by atoms with van der Waals surface area (Å²) in [5.74, 6) is -0.330. The summed E-state index contributed by atoms with van der Waals surface area (Å²) >= 11 is 0. The van der Waals surface area contributed by atoms with Gasteiger partial charge in [0, 0.05) is 12.6 Å². The Kier molecular flexibility index (Phi) is 2.22. The number of rotatable bonds is 1. The van der Waals surface area contributed by atoms with Crippen molar-refractivity contribution in [3.05, 3.63) is 35.4 Å². The lowest BCUT2D eigenvalue weighted by atomic mass is 9.94. The van der Waals surface area contributed by atoms with Crippen LogP contribution in [0.5, 0.6) is 0 Å². The first-order valence-electron chi connectivity index (χ1n) is 5.03. The van der Waals surface area contributed by atoms with Crippen molar-refractivity contribution in [1.82, 2.24) is 4.90 Å². The van der Waals surface area contributed by atoms with Crippen LogP contribution in [0.25, 0.3) is 0 Å². The molecule has 1 fully saturated rings. The van der Waals surface area contributed by atoms with E-state index in [1.165, 1.54) is 7.05 Å². The monoisotopic (exact) mass is 219 g/mol. The van der Waals surface area contributed by atoms with Gasteiger partial charge in [0.2, 0.25) is 5.60 Å². The Hall–Kier alpha value is -1.84. The number of carbonyl (C=O) groups is 2. The number of hydrogen-bond donors (Lipinski definition) is 0. The molecule has 0 N–H and O–H groups in total. The molecule has 0 saturated carbocycles. The third kappa shape index (κ3) is 1.38. The number of ether oxygens (including phenoxy) is 1. The standard InChI is InChI=1S/C12H13NO3/c1-8-5-4-6-9(7-8)12(2)10(14)13(3)11(15)16-12/h4-7H,1-3H3/t12-/m1/s1. The molecule has 1 aromatic carbocycles. The van der Waals surface area contributed by atoms with E-state index < -0.39 is 11.7 Å². The number of imide groups is 1. The van der Waals surface area contributed by atoms with Gasteiger partial charge in [-0.05, 0) is 13.8 Å². The molecular weight excluding hydrogens is 206 g/mol. The van der Waals surface area contributed by atoms with Crippen LogP contribution in [0.15, 0.2) is 24.3 Å². The molecule has 0 aromatic heterocycles. The van der Waals surface area contributed by atoms with Crippen molar-refractivity contribution in [2.75, 3.05) is 7.05 Å². The van der Waals surface area contributed by atoms with Gasteiger partial charge in [0.15, 0.2) is 0 Å². The van der Waals surface area contributed by atoms with E-state index in [-0.39, 0.29) is 5.91 Å². The number of likely N-dealkylation sites (N-methyl/N-ethyl adjacent to an activating group) is 1. The maximum atomic E-state index is 11.9. The molecule has 4 nitrogen and oxygen atoms in total. The largest absolute Gasteiger partial charge is 0.428 e. The smallest absolute Gasteiger partial charge is 0.417 e. The van der Waals surface area contributed by atoms with Crippen molar-refractivity contribution >= 4 is 12.0 Å². The minimum Gasteiger partial charge on any atom is -0.428 e. The van der Waals surface area contributed by atoms with E-state index in [2.05, 4.69) is 0 Å². The Morgan fingerprint density at radius 1 is 1.31 bits per heavy atom. The lowest BCUT2D eigenvalue weighted by molar-refractivity contribution is -0.135. The van der Waals surface area contributed by atoms with E-state index in [9.17, 15) is 9.59 Å². The summed E-state index contributed by atoms with van der Waals surface area (Å²) in [6.07, 6.45) is -0.603. The van der Waals surface area contributed by atoms with E-state index in [0.717, 1.165) is 10.5 Å². The Morgan fingerprint density at radius 2 is 2.00 bits per heavy atom. The van der Waals surface area contributed by atoms with Crippen LogP contribution >= 0.6 is 0 Å². The van der Waals surface area contributed by atoms with E-state index in [1.54, 1.807) is 13.0 Å². The zero-order valence-electron chi connectivity index (χ0n) is 9.48. The first kappa shape index (κ1) is 10.7. The van der Waals surface area contributed by atoms with Crippen LogP contribution in [0.4, 0.5) is 4.79 Å². The first-order chi connectivity index (χ1) is 7.45. The Bertz CT molecular complexity index is 469. The lowest BCUT2D eigenvalue weighted by Gasteiger charge is -2.20. The molecule has 0 aliphatic carbocycles. The van der Waals surface area contributed by atoms with Crippen molar-refractivity contribution in [2.24, 2.45) is 0 Å². The quantitative estimate of drug-likeness (QED) is 0.723. The third-order valence-electron chi connectivity index (χ3n) is 2.85. The van der Waals surface area contributed by atoms with Gasteiger partial charge in [0.1, 0.15) is 0 Å². The number of aryl methyl sites for hydroxylation is 1. The Labute approximate surface area is 93.8 Å². The van der Waals surface area contributed by atoms with Gasteiger partial charge < -0.3 is 4.74 Å². The number of carbonyl (C=O) groups excluding carboxylic acids is 2. The minimum absolute atomic E-state index is 0.330. The fraction of sp³-hybridized carbons (Fsp3) is 0.333. The average Bonchev–Trinajstić information content (AvgIpc) is 2.44.